The second-order valence-electron chi connectivity index (χ2n) is 6.73. The SMILES string of the molecule is CC(C)C(=O)Nc1ccc(C(=O)C(C)Sc2nnc(-c3ccc(Cl)cc3)o2)cc1. The quantitative estimate of drug-likeness (QED) is 0.402. The third-order valence-electron chi connectivity index (χ3n) is 4.11. The average molecular weight is 430 g/mol. The molecule has 8 heteroatoms. The van der Waals surface area contributed by atoms with Crippen LogP contribution in [0.1, 0.15) is 31.1 Å². The maximum Gasteiger partial charge on any atom is 0.277 e. The second-order valence-corrected chi connectivity index (χ2v) is 8.45. The van der Waals surface area contributed by atoms with Crippen molar-refractivity contribution in [3.8, 4) is 11.5 Å². The predicted molar refractivity (Wildman–Crippen MR) is 114 cm³/mol. The molecule has 29 heavy (non-hydrogen) atoms. The van der Waals surface area contributed by atoms with Crippen LogP contribution in [-0.4, -0.2) is 27.1 Å². The molecule has 3 rings (SSSR count). The molecule has 0 saturated heterocycles. The first-order valence-electron chi connectivity index (χ1n) is 9.04. The van der Waals surface area contributed by atoms with Crippen LogP contribution in [0, 0.1) is 5.92 Å². The van der Waals surface area contributed by atoms with Gasteiger partial charge < -0.3 is 9.73 Å². The lowest BCUT2D eigenvalue weighted by molar-refractivity contribution is -0.118. The van der Waals surface area contributed by atoms with Crippen LogP contribution >= 0.6 is 23.4 Å². The molecule has 1 aromatic heterocycles. The van der Waals surface area contributed by atoms with Crippen LogP contribution in [0.25, 0.3) is 11.5 Å². The van der Waals surface area contributed by atoms with E-state index in [4.69, 9.17) is 16.0 Å². The Morgan fingerprint density at radius 2 is 1.66 bits per heavy atom. The number of Topliss-reactive ketones (excluding diaryl/α,β-unsaturated/α-hetero) is 1. The van der Waals surface area contributed by atoms with Gasteiger partial charge in [-0.3, -0.25) is 9.59 Å². The van der Waals surface area contributed by atoms with Gasteiger partial charge in [-0.1, -0.05) is 37.2 Å². The summed E-state index contributed by atoms with van der Waals surface area (Å²) in [6.45, 7) is 5.43. The lowest BCUT2D eigenvalue weighted by Crippen LogP contribution is -2.18. The molecule has 0 radical (unpaired) electrons. The van der Waals surface area contributed by atoms with Crippen LogP contribution < -0.4 is 5.32 Å². The first-order chi connectivity index (χ1) is 13.8. The Morgan fingerprint density at radius 1 is 1.00 bits per heavy atom. The molecule has 1 amide bonds. The van der Waals surface area contributed by atoms with Crippen molar-refractivity contribution >= 4 is 40.7 Å². The summed E-state index contributed by atoms with van der Waals surface area (Å²) in [5.41, 5.74) is 1.96. The topological polar surface area (TPSA) is 85.1 Å². The number of amides is 1. The van der Waals surface area contributed by atoms with E-state index < -0.39 is 5.25 Å². The molecule has 1 unspecified atom stereocenters. The van der Waals surface area contributed by atoms with Gasteiger partial charge in [0.1, 0.15) is 0 Å². The summed E-state index contributed by atoms with van der Waals surface area (Å²) in [4.78, 5) is 24.4. The van der Waals surface area contributed by atoms with Gasteiger partial charge in [0.2, 0.25) is 11.8 Å². The van der Waals surface area contributed by atoms with Crippen LogP contribution in [0.2, 0.25) is 5.02 Å². The van der Waals surface area contributed by atoms with Crippen molar-refractivity contribution in [1.29, 1.82) is 0 Å². The van der Waals surface area contributed by atoms with Crippen molar-refractivity contribution < 1.29 is 14.0 Å². The highest BCUT2D eigenvalue weighted by atomic mass is 35.5. The van der Waals surface area contributed by atoms with Gasteiger partial charge in [-0.05, 0) is 55.5 Å². The normalized spacial score (nSPS) is 12.0. The molecule has 0 aliphatic rings. The van der Waals surface area contributed by atoms with Gasteiger partial charge in [0.15, 0.2) is 5.78 Å². The van der Waals surface area contributed by atoms with Gasteiger partial charge >= 0.3 is 0 Å². The van der Waals surface area contributed by atoms with Crippen LogP contribution in [0.3, 0.4) is 0 Å². The van der Waals surface area contributed by atoms with Gasteiger partial charge in [-0.15, -0.1) is 10.2 Å². The Kier molecular flexibility index (Phi) is 6.71. The maximum atomic E-state index is 12.7. The monoisotopic (exact) mass is 429 g/mol. The molecule has 0 saturated carbocycles. The molecule has 0 spiro atoms. The number of thioether (sulfide) groups is 1. The van der Waals surface area contributed by atoms with Crippen molar-refractivity contribution in [3.63, 3.8) is 0 Å². The molecular formula is C21H20ClN3O3S. The fourth-order valence-electron chi connectivity index (χ4n) is 2.41. The van der Waals surface area contributed by atoms with Crippen molar-refractivity contribution in [2.24, 2.45) is 5.92 Å². The van der Waals surface area contributed by atoms with Gasteiger partial charge in [0.25, 0.3) is 5.22 Å². The largest absolute Gasteiger partial charge is 0.411 e. The smallest absolute Gasteiger partial charge is 0.277 e. The number of rotatable bonds is 7. The van der Waals surface area contributed by atoms with Crippen LogP contribution in [0.5, 0.6) is 0 Å². The number of ketones is 1. The lowest BCUT2D eigenvalue weighted by Gasteiger charge is -2.10. The number of carbonyl (C=O) groups is 2. The van der Waals surface area contributed by atoms with Crippen LogP contribution in [0.15, 0.2) is 58.2 Å². The molecule has 1 N–H and O–H groups in total. The van der Waals surface area contributed by atoms with Gasteiger partial charge in [-0.2, -0.15) is 0 Å². The van der Waals surface area contributed by atoms with Crippen molar-refractivity contribution in [3.05, 3.63) is 59.1 Å². The summed E-state index contributed by atoms with van der Waals surface area (Å²) in [6.07, 6.45) is 0. The number of hydrogen-bond acceptors (Lipinski definition) is 6. The van der Waals surface area contributed by atoms with Crippen molar-refractivity contribution in [2.45, 2.75) is 31.2 Å². The highest BCUT2D eigenvalue weighted by Gasteiger charge is 2.20. The summed E-state index contributed by atoms with van der Waals surface area (Å²) in [6, 6.07) is 13.9. The predicted octanol–water partition coefficient (Wildman–Crippen LogP) is 5.35. The van der Waals surface area contributed by atoms with E-state index in [0.717, 1.165) is 5.56 Å². The third kappa shape index (κ3) is 5.46. The Hall–Kier alpha value is -2.64. The van der Waals surface area contributed by atoms with E-state index in [2.05, 4.69) is 15.5 Å². The molecule has 6 nitrogen and oxygen atoms in total. The summed E-state index contributed by atoms with van der Waals surface area (Å²) in [7, 11) is 0. The van der Waals surface area contributed by atoms with Crippen molar-refractivity contribution in [2.75, 3.05) is 5.32 Å². The fourth-order valence-corrected chi connectivity index (χ4v) is 3.30. The Balaban J connectivity index is 1.63. The Morgan fingerprint density at radius 3 is 2.28 bits per heavy atom. The standard InChI is InChI=1S/C21H20ClN3O3S/c1-12(2)19(27)23-17-10-6-14(7-11-17)18(26)13(3)29-21-25-24-20(28-21)15-4-8-16(22)9-5-15/h4-13H,1-3H3,(H,23,27). The summed E-state index contributed by atoms with van der Waals surface area (Å²) in [5.74, 6) is 0.123. The van der Waals surface area contributed by atoms with Gasteiger partial charge in [0.05, 0.1) is 5.25 Å². The zero-order chi connectivity index (χ0) is 21.0. The van der Waals surface area contributed by atoms with E-state index in [1.54, 1.807) is 55.5 Å². The molecule has 1 heterocycles. The molecule has 0 aliphatic heterocycles. The highest BCUT2D eigenvalue weighted by molar-refractivity contribution is 8.00. The summed E-state index contributed by atoms with van der Waals surface area (Å²) < 4.78 is 5.65. The highest BCUT2D eigenvalue weighted by Crippen LogP contribution is 2.28. The number of anilines is 1. The number of nitrogens with one attached hydrogen (secondary N) is 1. The number of halogens is 1. The first-order valence-corrected chi connectivity index (χ1v) is 10.3. The molecule has 150 valence electrons. The average Bonchev–Trinajstić information content (AvgIpc) is 3.16. The lowest BCUT2D eigenvalue weighted by atomic mass is 10.1. The number of aromatic nitrogens is 2. The van der Waals surface area contributed by atoms with E-state index >= 15 is 0 Å². The van der Waals surface area contributed by atoms with Crippen LogP contribution in [0.4, 0.5) is 5.69 Å². The van der Waals surface area contributed by atoms with E-state index in [9.17, 15) is 9.59 Å². The molecule has 0 fully saturated rings. The number of carbonyl (C=O) groups excluding carboxylic acids is 2. The van der Waals surface area contributed by atoms with Crippen LogP contribution in [-0.2, 0) is 4.79 Å². The zero-order valence-corrected chi connectivity index (χ0v) is 17.8. The van der Waals surface area contributed by atoms with E-state index in [-0.39, 0.29) is 17.6 Å². The first kappa shape index (κ1) is 21.1. The number of hydrogen-bond donors (Lipinski definition) is 1. The van der Waals surface area contributed by atoms with E-state index in [0.29, 0.717) is 27.4 Å². The molecular weight excluding hydrogens is 410 g/mol. The third-order valence-corrected chi connectivity index (χ3v) is 5.29. The van der Waals surface area contributed by atoms with E-state index in [1.807, 2.05) is 13.8 Å². The second kappa shape index (κ2) is 9.24. The molecule has 0 aliphatic carbocycles. The molecule has 0 bridgehead atoms. The molecule has 3 aromatic rings. The molecule has 2 aromatic carbocycles. The van der Waals surface area contributed by atoms with Gasteiger partial charge in [0, 0.05) is 27.8 Å². The Labute approximate surface area is 178 Å². The number of nitrogens with zero attached hydrogens (tertiary/aromatic N) is 2. The van der Waals surface area contributed by atoms with Gasteiger partial charge in [-0.25, -0.2) is 0 Å². The minimum absolute atomic E-state index is 0.0667. The van der Waals surface area contributed by atoms with Crippen molar-refractivity contribution in [1.82, 2.24) is 10.2 Å². The Bertz CT molecular complexity index is 1000. The summed E-state index contributed by atoms with van der Waals surface area (Å²) >= 11 is 7.08. The zero-order valence-electron chi connectivity index (χ0n) is 16.2. The maximum absolute atomic E-state index is 12.7. The summed E-state index contributed by atoms with van der Waals surface area (Å²) in [5, 5.41) is 11.4. The fraction of sp³-hybridized carbons (Fsp3) is 0.238. The molecule has 1 atom stereocenters. The van der Waals surface area contributed by atoms with E-state index in [1.165, 1.54) is 11.8 Å². The minimum atomic E-state index is -0.412. The number of benzene rings is 2. The minimum Gasteiger partial charge on any atom is -0.411 e.